The molecule has 0 aliphatic heterocycles. The number of rotatable bonds is 6. The van der Waals surface area contributed by atoms with E-state index in [2.05, 4.69) is 5.32 Å². The highest BCUT2D eigenvalue weighted by Crippen LogP contribution is 2.12. The Morgan fingerprint density at radius 3 is 2.00 bits per heavy atom. The molecular weight excluding hydrogens is 262 g/mol. The zero-order chi connectivity index (χ0) is 16.1. The van der Waals surface area contributed by atoms with Gasteiger partial charge < -0.3 is 15.2 Å². The van der Waals surface area contributed by atoms with E-state index < -0.39 is 23.6 Å². The molecule has 0 aliphatic rings. The molecule has 2 N–H and O–H groups in total. The molecule has 0 aromatic carbocycles. The number of amides is 1. The summed E-state index contributed by atoms with van der Waals surface area (Å²) in [5.41, 5.74) is -0.685. The van der Waals surface area contributed by atoms with Gasteiger partial charge in [0.15, 0.2) is 0 Å². The van der Waals surface area contributed by atoms with Crippen LogP contribution in [0.1, 0.15) is 48.0 Å². The van der Waals surface area contributed by atoms with E-state index in [4.69, 9.17) is 9.84 Å². The van der Waals surface area contributed by atoms with E-state index in [1.54, 1.807) is 27.7 Å². The summed E-state index contributed by atoms with van der Waals surface area (Å²) in [6.45, 7) is 10.5. The third kappa shape index (κ3) is 7.11. The molecule has 6 nitrogen and oxygen atoms in total. The minimum Gasteiger partial charge on any atom is -0.480 e. The van der Waals surface area contributed by atoms with Crippen molar-refractivity contribution < 1.29 is 24.2 Å². The number of carbonyl (C=O) groups excluding carboxylic acids is 2. The fourth-order valence-corrected chi connectivity index (χ4v) is 1.36. The summed E-state index contributed by atoms with van der Waals surface area (Å²) < 4.78 is 5.05. The molecule has 1 unspecified atom stereocenters. The summed E-state index contributed by atoms with van der Waals surface area (Å²) in [4.78, 5) is 34.6. The number of aliphatic carboxylic acids is 1. The van der Waals surface area contributed by atoms with Crippen LogP contribution >= 0.6 is 0 Å². The second kappa shape index (κ2) is 7.26. The Morgan fingerprint density at radius 2 is 1.65 bits per heavy atom. The van der Waals surface area contributed by atoms with E-state index >= 15 is 0 Å². The maximum atomic E-state index is 11.8. The number of carboxylic acids is 1. The highest BCUT2D eigenvalue weighted by molar-refractivity contribution is 5.88. The van der Waals surface area contributed by atoms with Gasteiger partial charge in [-0.15, -0.1) is 0 Å². The fourth-order valence-electron chi connectivity index (χ4n) is 1.36. The van der Waals surface area contributed by atoms with Crippen molar-refractivity contribution in [2.75, 3.05) is 0 Å². The number of hydrogen-bond acceptors (Lipinski definition) is 4. The molecule has 0 saturated carbocycles. The van der Waals surface area contributed by atoms with E-state index in [0.717, 1.165) is 0 Å². The van der Waals surface area contributed by atoms with Crippen molar-refractivity contribution in [3.8, 4) is 0 Å². The largest absolute Gasteiger partial charge is 0.480 e. The van der Waals surface area contributed by atoms with Crippen LogP contribution in [0.5, 0.6) is 0 Å². The summed E-state index contributed by atoms with van der Waals surface area (Å²) in [6, 6.07) is -1.27. The average molecular weight is 287 g/mol. The molecule has 0 fully saturated rings. The summed E-state index contributed by atoms with van der Waals surface area (Å²) in [5.74, 6) is -2.51. The van der Waals surface area contributed by atoms with Gasteiger partial charge in [0, 0.05) is 5.92 Å². The highest BCUT2D eigenvalue weighted by Gasteiger charge is 2.28. The van der Waals surface area contributed by atoms with Gasteiger partial charge >= 0.3 is 11.9 Å². The summed E-state index contributed by atoms with van der Waals surface area (Å²) in [7, 11) is 0. The molecule has 0 spiro atoms. The van der Waals surface area contributed by atoms with Crippen molar-refractivity contribution in [1.82, 2.24) is 5.32 Å². The first-order valence-corrected chi connectivity index (χ1v) is 6.69. The zero-order valence-electron chi connectivity index (χ0n) is 13.0. The molecule has 6 heteroatoms. The number of carbonyl (C=O) groups is 3. The highest BCUT2D eigenvalue weighted by atomic mass is 16.6. The van der Waals surface area contributed by atoms with E-state index in [1.165, 1.54) is 0 Å². The predicted octanol–water partition coefficient (Wildman–Crippen LogP) is 1.58. The molecule has 0 rings (SSSR count). The van der Waals surface area contributed by atoms with Gasteiger partial charge in [-0.2, -0.15) is 0 Å². The molecule has 2 atom stereocenters. The van der Waals surface area contributed by atoms with Crippen LogP contribution in [0.3, 0.4) is 0 Å². The molecule has 1 amide bonds. The number of carboxylic acid groups (broad SMARTS) is 1. The van der Waals surface area contributed by atoms with Gasteiger partial charge in [-0.1, -0.05) is 20.8 Å². The first-order chi connectivity index (χ1) is 8.94. The Kier molecular flexibility index (Phi) is 6.68. The standard InChI is InChI=1S/C14H25NO5/c1-8(2)9(3)12(17)15-10(13(18)19)7-11(16)20-14(4,5)6/h8-10H,7H2,1-6H3,(H,15,17)(H,18,19)/t9?,10-/m0/s1. The van der Waals surface area contributed by atoms with Gasteiger partial charge in [0.05, 0.1) is 6.42 Å². The smallest absolute Gasteiger partial charge is 0.326 e. The van der Waals surface area contributed by atoms with Crippen LogP contribution in [0, 0.1) is 11.8 Å². The van der Waals surface area contributed by atoms with Gasteiger partial charge in [0.25, 0.3) is 0 Å². The minimum absolute atomic E-state index is 0.0889. The van der Waals surface area contributed by atoms with Crippen molar-refractivity contribution in [3.63, 3.8) is 0 Å². The van der Waals surface area contributed by atoms with Crippen LogP contribution in [-0.2, 0) is 19.1 Å². The van der Waals surface area contributed by atoms with Gasteiger partial charge in [-0.25, -0.2) is 4.79 Å². The van der Waals surface area contributed by atoms with Crippen molar-refractivity contribution >= 4 is 17.8 Å². The van der Waals surface area contributed by atoms with E-state index in [-0.39, 0.29) is 24.2 Å². The third-order valence-electron chi connectivity index (χ3n) is 2.82. The molecule has 0 bridgehead atoms. The Hall–Kier alpha value is -1.59. The van der Waals surface area contributed by atoms with Crippen LogP contribution in [-0.4, -0.2) is 34.6 Å². The van der Waals surface area contributed by atoms with E-state index in [9.17, 15) is 14.4 Å². The minimum atomic E-state index is -1.27. The summed E-state index contributed by atoms with van der Waals surface area (Å²) in [5, 5.41) is 11.4. The normalized spacial score (nSPS) is 14.6. The lowest BCUT2D eigenvalue weighted by Crippen LogP contribution is -2.45. The number of hydrogen-bond donors (Lipinski definition) is 2. The van der Waals surface area contributed by atoms with Crippen molar-refractivity contribution in [3.05, 3.63) is 0 Å². The maximum Gasteiger partial charge on any atom is 0.326 e. The molecule has 0 aromatic rings. The Labute approximate surface area is 119 Å². The first-order valence-electron chi connectivity index (χ1n) is 6.69. The first kappa shape index (κ1) is 18.4. The Bertz CT molecular complexity index is 370. The second-order valence-electron chi connectivity index (χ2n) is 6.22. The predicted molar refractivity (Wildman–Crippen MR) is 74.0 cm³/mol. The van der Waals surface area contributed by atoms with E-state index in [1.807, 2.05) is 13.8 Å². The molecule has 0 heterocycles. The lowest BCUT2D eigenvalue weighted by atomic mass is 9.97. The summed E-state index contributed by atoms with van der Waals surface area (Å²) in [6.07, 6.45) is -0.386. The molecule has 0 aliphatic carbocycles. The lowest BCUT2D eigenvalue weighted by molar-refractivity contribution is -0.158. The second-order valence-corrected chi connectivity index (χ2v) is 6.22. The molecule has 116 valence electrons. The van der Waals surface area contributed by atoms with Crippen LogP contribution in [0.15, 0.2) is 0 Å². The zero-order valence-corrected chi connectivity index (χ0v) is 13.0. The average Bonchev–Trinajstić information content (AvgIpc) is 2.23. The Morgan fingerprint density at radius 1 is 1.15 bits per heavy atom. The van der Waals surface area contributed by atoms with Gasteiger partial charge in [-0.05, 0) is 26.7 Å². The fraction of sp³-hybridized carbons (Fsp3) is 0.786. The number of nitrogens with one attached hydrogen (secondary N) is 1. The molecule has 0 radical (unpaired) electrons. The van der Waals surface area contributed by atoms with Gasteiger partial charge in [0.1, 0.15) is 11.6 Å². The van der Waals surface area contributed by atoms with E-state index in [0.29, 0.717) is 0 Å². The maximum absolute atomic E-state index is 11.8. The molecular formula is C14H25NO5. The SMILES string of the molecule is CC(C)C(C)C(=O)N[C@@H](CC(=O)OC(C)(C)C)C(=O)O. The van der Waals surface area contributed by atoms with Crippen LogP contribution in [0.25, 0.3) is 0 Å². The van der Waals surface area contributed by atoms with Crippen LogP contribution < -0.4 is 5.32 Å². The topological polar surface area (TPSA) is 92.7 Å². The number of ether oxygens (including phenoxy) is 1. The van der Waals surface area contributed by atoms with Crippen molar-refractivity contribution in [1.29, 1.82) is 0 Å². The molecule has 20 heavy (non-hydrogen) atoms. The molecule has 0 saturated heterocycles. The van der Waals surface area contributed by atoms with Crippen molar-refractivity contribution in [2.24, 2.45) is 11.8 Å². The van der Waals surface area contributed by atoms with Gasteiger partial charge in [0.2, 0.25) is 5.91 Å². The third-order valence-corrected chi connectivity index (χ3v) is 2.82. The van der Waals surface area contributed by atoms with Crippen LogP contribution in [0.2, 0.25) is 0 Å². The molecule has 0 aromatic heterocycles. The van der Waals surface area contributed by atoms with Gasteiger partial charge in [-0.3, -0.25) is 9.59 Å². The van der Waals surface area contributed by atoms with Crippen LogP contribution in [0.4, 0.5) is 0 Å². The monoisotopic (exact) mass is 287 g/mol. The lowest BCUT2D eigenvalue weighted by Gasteiger charge is -2.22. The Balaban J connectivity index is 4.64. The summed E-state index contributed by atoms with van der Waals surface area (Å²) >= 11 is 0. The van der Waals surface area contributed by atoms with Crippen molar-refractivity contribution in [2.45, 2.75) is 59.6 Å². The number of esters is 1. The quantitative estimate of drug-likeness (QED) is 0.723.